The number of aromatic nitrogens is 3. The molecule has 0 aromatic carbocycles. The maximum Gasteiger partial charge on any atom is 0.319 e. The van der Waals surface area contributed by atoms with Crippen molar-refractivity contribution in [2.75, 3.05) is 5.32 Å². The first-order valence-corrected chi connectivity index (χ1v) is 6.55. The number of aromatic amines is 1. The van der Waals surface area contributed by atoms with Gasteiger partial charge in [-0.05, 0) is 12.5 Å². The summed E-state index contributed by atoms with van der Waals surface area (Å²) in [5.41, 5.74) is 0.177. The molecule has 2 heterocycles. The number of hydrogen-bond acceptors (Lipinski definition) is 5. The van der Waals surface area contributed by atoms with E-state index in [2.05, 4.69) is 20.5 Å². The Morgan fingerprint density at radius 3 is 3.00 bits per heavy atom. The van der Waals surface area contributed by atoms with Crippen LogP contribution in [0.2, 0.25) is 5.15 Å². The molecule has 0 saturated heterocycles. The fourth-order valence-electron chi connectivity index (χ4n) is 1.79. The minimum atomic E-state index is -0.739. The van der Waals surface area contributed by atoms with Gasteiger partial charge in [0.2, 0.25) is 5.15 Å². The quantitative estimate of drug-likeness (QED) is 0.500. The van der Waals surface area contributed by atoms with Crippen LogP contribution >= 0.6 is 11.6 Å². The van der Waals surface area contributed by atoms with Crippen molar-refractivity contribution in [1.82, 2.24) is 15.2 Å². The summed E-state index contributed by atoms with van der Waals surface area (Å²) in [5.74, 6) is -0.369. The lowest BCUT2D eigenvalue weighted by Gasteiger charge is -2.03. The van der Waals surface area contributed by atoms with Crippen LogP contribution in [0, 0.1) is 10.1 Å². The number of anilines is 1. The molecule has 0 aliphatic heterocycles. The van der Waals surface area contributed by atoms with Crippen LogP contribution in [0.1, 0.15) is 29.4 Å². The van der Waals surface area contributed by atoms with Gasteiger partial charge in [0.25, 0.3) is 5.91 Å². The Hall–Kier alpha value is -2.48. The van der Waals surface area contributed by atoms with Crippen LogP contribution in [0.25, 0.3) is 0 Å². The molecule has 0 atom stereocenters. The van der Waals surface area contributed by atoms with Gasteiger partial charge in [-0.1, -0.05) is 24.9 Å². The van der Waals surface area contributed by atoms with E-state index in [0.717, 1.165) is 18.5 Å². The Kier molecular flexibility index (Phi) is 4.49. The van der Waals surface area contributed by atoms with E-state index in [9.17, 15) is 14.9 Å². The molecular formula is C12H12ClN5O3. The Bertz CT molecular complexity index is 685. The second kappa shape index (κ2) is 6.31. The number of nitrogens with zero attached hydrogens (tertiary/aromatic N) is 3. The van der Waals surface area contributed by atoms with Gasteiger partial charge in [0.15, 0.2) is 5.82 Å². The molecule has 8 nitrogen and oxygen atoms in total. The summed E-state index contributed by atoms with van der Waals surface area (Å²) in [4.78, 5) is 25.9. The topological polar surface area (TPSA) is 114 Å². The third-order valence-corrected chi connectivity index (χ3v) is 2.98. The summed E-state index contributed by atoms with van der Waals surface area (Å²) in [6.07, 6.45) is 2.96. The number of carbonyl (C=O) groups excluding carboxylic acids is 1. The van der Waals surface area contributed by atoms with Gasteiger partial charge in [0.05, 0.1) is 4.92 Å². The van der Waals surface area contributed by atoms with Crippen LogP contribution in [0.5, 0.6) is 0 Å². The van der Waals surface area contributed by atoms with E-state index < -0.39 is 16.5 Å². The summed E-state index contributed by atoms with van der Waals surface area (Å²) in [7, 11) is 0. The fourth-order valence-corrected chi connectivity index (χ4v) is 2.02. The summed E-state index contributed by atoms with van der Waals surface area (Å²) < 4.78 is 0. The van der Waals surface area contributed by atoms with Gasteiger partial charge in [-0.3, -0.25) is 20.0 Å². The highest BCUT2D eigenvalue weighted by Crippen LogP contribution is 2.26. The minimum Gasteiger partial charge on any atom is -0.305 e. The normalized spacial score (nSPS) is 10.4. The average Bonchev–Trinajstić information content (AvgIpc) is 2.85. The number of hydrogen-bond donors (Lipinski definition) is 2. The minimum absolute atomic E-state index is 0.167. The number of amides is 1. The number of aryl methyl sites for hydroxylation is 1. The van der Waals surface area contributed by atoms with E-state index in [1.165, 1.54) is 12.3 Å². The number of halogens is 1. The van der Waals surface area contributed by atoms with Gasteiger partial charge >= 0.3 is 5.69 Å². The molecule has 9 heteroatoms. The average molecular weight is 310 g/mol. The van der Waals surface area contributed by atoms with Crippen molar-refractivity contribution in [3.05, 3.63) is 44.9 Å². The van der Waals surface area contributed by atoms with Crippen LogP contribution < -0.4 is 5.32 Å². The van der Waals surface area contributed by atoms with Crippen LogP contribution in [0.4, 0.5) is 11.5 Å². The third kappa shape index (κ3) is 3.34. The molecule has 0 fully saturated rings. The highest BCUT2D eigenvalue weighted by atomic mass is 35.5. The van der Waals surface area contributed by atoms with Crippen molar-refractivity contribution in [2.45, 2.75) is 19.8 Å². The Morgan fingerprint density at radius 2 is 2.33 bits per heavy atom. The number of nitrogens with one attached hydrogen (secondary N) is 2. The second-order valence-corrected chi connectivity index (χ2v) is 4.60. The summed E-state index contributed by atoms with van der Waals surface area (Å²) >= 11 is 5.66. The van der Waals surface area contributed by atoms with Gasteiger partial charge in [-0.25, -0.2) is 4.98 Å². The molecule has 110 valence electrons. The molecular weight excluding hydrogens is 298 g/mol. The van der Waals surface area contributed by atoms with Crippen LogP contribution in [-0.2, 0) is 6.42 Å². The number of rotatable bonds is 5. The molecule has 2 aromatic rings. The first-order chi connectivity index (χ1) is 10.0. The summed E-state index contributed by atoms with van der Waals surface area (Å²) in [5, 5.41) is 19.8. The molecule has 0 radical (unpaired) electrons. The highest BCUT2D eigenvalue weighted by Gasteiger charge is 2.25. The molecule has 0 unspecified atom stereocenters. The number of nitro groups is 1. The third-order valence-electron chi connectivity index (χ3n) is 2.70. The molecule has 2 N–H and O–H groups in total. The Balaban J connectivity index is 2.24. The zero-order valence-corrected chi connectivity index (χ0v) is 11.8. The number of H-pyrrole nitrogens is 1. The lowest BCUT2D eigenvalue weighted by molar-refractivity contribution is -0.385. The van der Waals surface area contributed by atoms with E-state index in [1.807, 2.05) is 6.92 Å². The lowest BCUT2D eigenvalue weighted by atomic mass is 10.2. The molecule has 21 heavy (non-hydrogen) atoms. The Labute approximate surface area is 124 Å². The SMILES string of the molecule is CCCc1cc(NC(=O)c2ccnc(Cl)c2[N+](=O)[O-])n[nH]1. The van der Waals surface area contributed by atoms with Crippen LogP contribution in [-0.4, -0.2) is 26.0 Å². The van der Waals surface area contributed by atoms with Crippen molar-refractivity contribution in [2.24, 2.45) is 0 Å². The summed E-state index contributed by atoms with van der Waals surface area (Å²) in [6.45, 7) is 2.02. The first kappa shape index (κ1) is 14.9. The lowest BCUT2D eigenvalue weighted by Crippen LogP contribution is -2.14. The molecule has 0 aliphatic rings. The standard InChI is InChI=1S/C12H12ClN5O3/c1-2-3-7-6-9(17-16-7)15-12(19)8-4-5-14-11(13)10(8)18(20)21/h4-6H,2-3H2,1H3,(H2,15,16,17,19). The molecule has 0 saturated carbocycles. The van der Waals surface area contributed by atoms with Crippen molar-refractivity contribution >= 4 is 29.0 Å². The van der Waals surface area contributed by atoms with Gasteiger partial charge in [-0.2, -0.15) is 5.10 Å². The van der Waals surface area contributed by atoms with Gasteiger partial charge < -0.3 is 5.32 Å². The van der Waals surface area contributed by atoms with Crippen molar-refractivity contribution < 1.29 is 9.72 Å². The molecule has 0 aliphatic carbocycles. The highest BCUT2D eigenvalue weighted by molar-refractivity contribution is 6.32. The largest absolute Gasteiger partial charge is 0.319 e. The predicted molar refractivity (Wildman–Crippen MR) is 76.4 cm³/mol. The van der Waals surface area contributed by atoms with Crippen molar-refractivity contribution in [3.63, 3.8) is 0 Å². The zero-order valence-electron chi connectivity index (χ0n) is 11.1. The fraction of sp³-hybridized carbons (Fsp3) is 0.250. The van der Waals surface area contributed by atoms with Crippen molar-refractivity contribution in [1.29, 1.82) is 0 Å². The van der Waals surface area contributed by atoms with Gasteiger partial charge in [0.1, 0.15) is 5.56 Å². The molecule has 0 bridgehead atoms. The maximum absolute atomic E-state index is 12.1. The van der Waals surface area contributed by atoms with E-state index in [-0.39, 0.29) is 10.7 Å². The smallest absolute Gasteiger partial charge is 0.305 e. The van der Waals surface area contributed by atoms with Crippen LogP contribution in [0.3, 0.4) is 0 Å². The molecule has 2 aromatic heterocycles. The monoisotopic (exact) mass is 309 g/mol. The predicted octanol–water partition coefficient (Wildman–Crippen LogP) is 2.57. The van der Waals surface area contributed by atoms with E-state index in [4.69, 9.17) is 11.6 Å². The Morgan fingerprint density at radius 1 is 1.57 bits per heavy atom. The number of carbonyl (C=O) groups is 1. The molecule has 0 spiro atoms. The maximum atomic E-state index is 12.1. The van der Waals surface area contributed by atoms with Crippen LogP contribution in [0.15, 0.2) is 18.3 Å². The molecule has 1 amide bonds. The zero-order chi connectivity index (χ0) is 15.4. The van der Waals surface area contributed by atoms with Crippen molar-refractivity contribution in [3.8, 4) is 0 Å². The summed E-state index contributed by atoms with van der Waals surface area (Å²) in [6, 6.07) is 2.91. The van der Waals surface area contributed by atoms with Gasteiger partial charge in [0, 0.05) is 18.0 Å². The second-order valence-electron chi connectivity index (χ2n) is 4.24. The van der Waals surface area contributed by atoms with Gasteiger partial charge in [-0.15, -0.1) is 0 Å². The molecule has 2 rings (SSSR count). The van der Waals surface area contributed by atoms with E-state index >= 15 is 0 Å². The van der Waals surface area contributed by atoms with E-state index in [0.29, 0.717) is 5.82 Å². The first-order valence-electron chi connectivity index (χ1n) is 6.17. The van der Waals surface area contributed by atoms with E-state index in [1.54, 1.807) is 6.07 Å². The number of pyridine rings is 1.